The molecule has 164 valence electrons. The van der Waals surface area contributed by atoms with E-state index in [4.69, 9.17) is 9.47 Å². The lowest BCUT2D eigenvalue weighted by atomic mass is 9.41. The second-order valence-electron chi connectivity index (χ2n) is 11.0. The lowest BCUT2D eigenvalue weighted by Crippen LogP contribution is -2.70. The van der Waals surface area contributed by atoms with Crippen molar-refractivity contribution in [3.63, 3.8) is 0 Å². The highest BCUT2D eigenvalue weighted by Gasteiger charge is 2.68. The van der Waals surface area contributed by atoms with Crippen molar-refractivity contribution in [1.29, 1.82) is 0 Å². The molecule has 3 rings (SSSR count). The van der Waals surface area contributed by atoms with Gasteiger partial charge in [-0.05, 0) is 48.9 Å². The molecule has 3 aliphatic rings. The molecule has 1 N–H and O–H groups in total. The van der Waals surface area contributed by atoms with E-state index in [1.165, 1.54) is 13.8 Å². The predicted octanol–water partition coefficient (Wildman–Crippen LogP) is 4.42. The van der Waals surface area contributed by atoms with Gasteiger partial charge in [-0.15, -0.1) is 6.58 Å². The van der Waals surface area contributed by atoms with Crippen LogP contribution < -0.4 is 0 Å². The minimum Gasteiger partial charge on any atom is -0.458 e. The SMILES string of the molecule is C=C[C@@]1(C)C[C@]2(O)CC[C@H]3C(C)(C)CCC[C@]3(C)[C@H]2[C@H](OC(C)=O)[C@H]1OC(C)=O. The van der Waals surface area contributed by atoms with E-state index in [0.29, 0.717) is 18.8 Å². The molecule has 0 amide bonds. The first-order valence-electron chi connectivity index (χ1n) is 11.0. The minimum absolute atomic E-state index is 0.158. The minimum atomic E-state index is -0.988. The van der Waals surface area contributed by atoms with E-state index >= 15 is 0 Å². The standard InChI is InChI=1S/C24H38O5/c1-8-22(6)14-24(27)13-10-17-21(4,5)11-9-12-23(17,7)19(24)18(28-15(2)25)20(22)29-16(3)26/h8,17-20,27H,1,9-14H2,2-7H3/t17-,18-,19+,20+,22-,23-,24+/m0/s1. The van der Waals surface area contributed by atoms with Crippen LogP contribution in [0.3, 0.4) is 0 Å². The largest absolute Gasteiger partial charge is 0.458 e. The highest BCUT2D eigenvalue weighted by Crippen LogP contribution is 2.67. The van der Waals surface area contributed by atoms with Crippen LogP contribution >= 0.6 is 0 Å². The van der Waals surface area contributed by atoms with Gasteiger partial charge in [0.15, 0.2) is 0 Å². The quantitative estimate of drug-likeness (QED) is 0.555. The molecule has 0 spiro atoms. The van der Waals surface area contributed by atoms with E-state index in [-0.39, 0.29) is 16.7 Å². The first-order chi connectivity index (χ1) is 13.3. The van der Waals surface area contributed by atoms with Crippen LogP contribution in [-0.4, -0.2) is 34.9 Å². The highest BCUT2D eigenvalue weighted by molar-refractivity contribution is 5.67. The number of esters is 2. The predicted molar refractivity (Wildman–Crippen MR) is 111 cm³/mol. The van der Waals surface area contributed by atoms with Crippen LogP contribution in [0.5, 0.6) is 0 Å². The number of fused-ring (bicyclic) bond motifs is 3. The third kappa shape index (κ3) is 3.54. The summed E-state index contributed by atoms with van der Waals surface area (Å²) in [4.78, 5) is 24.1. The summed E-state index contributed by atoms with van der Waals surface area (Å²) in [5.41, 5.74) is -1.70. The van der Waals surface area contributed by atoms with Crippen molar-refractivity contribution in [2.75, 3.05) is 0 Å². The Morgan fingerprint density at radius 3 is 2.21 bits per heavy atom. The third-order valence-electron chi connectivity index (χ3n) is 8.46. The number of aliphatic hydroxyl groups is 1. The maximum atomic E-state index is 12.1. The van der Waals surface area contributed by atoms with Crippen LogP contribution in [0, 0.1) is 28.1 Å². The molecule has 3 aliphatic carbocycles. The molecule has 3 saturated carbocycles. The zero-order chi connectivity index (χ0) is 21.8. The van der Waals surface area contributed by atoms with E-state index in [1.54, 1.807) is 6.08 Å². The van der Waals surface area contributed by atoms with Crippen molar-refractivity contribution >= 4 is 11.9 Å². The second-order valence-corrected chi connectivity index (χ2v) is 11.0. The molecule has 0 bridgehead atoms. The number of carbonyl (C=O) groups excluding carboxylic acids is 2. The summed E-state index contributed by atoms with van der Waals surface area (Å²) in [5, 5.41) is 12.0. The Morgan fingerprint density at radius 1 is 1.03 bits per heavy atom. The van der Waals surface area contributed by atoms with Crippen molar-refractivity contribution in [1.82, 2.24) is 0 Å². The summed E-state index contributed by atoms with van der Waals surface area (Å²) in [6.07, 6.45) is 5.68. The zero-order valence-electron chi connectivity index (χ0n) is 18.9. The summed E-state index contributed by atoms with van der Waals surface area (Å²) in [6.45, 7) is 15.6. The topological polar surface area (TPSA) is 72.8 Å². The van der Waals surface area contributed by atoms with Gasteiger partial charge < -0.3 is 14.6 Å². The summed E-state index contributed by atoms with van der Waals surface area (Å²) in [6, 6.07) is 0. The number of rotatable bonds is 3. The van der Waals surface area contributed by atoms with Gasteiger partial charge in [0.05, 0.1) is 5.60 Å². The molecule has 0 saturated heterocycles. The number of hydrogen-bond donors (Lipinski definition) is 1. The summed E-state index contributed by atoms with van der Waals surface area (Å²) < 4.78 is 11.7. The van der Waals surface area contributed by atoms with Crippen molar-refractivity contribution in [3.05, 3.63) is 12.7 Å². The van der Waals surface area contributed by atoms with Gasteiger partial charge in [-0.25, -0.2) is 0 Å². The van der Waals surface area contributed by atoms with Crippen LogP contribution in [0.25, 0.3) is 0 Å². The molecular weight excluding hydrogens is 368 g/mol. The Labute approximate surface area is 175 Å². The summed E-state index contributed by atoms with van der Waals surface area (Å²) in [7, 11) is 0. The van der Waals surface area contributed by atoms with Crippen LogP contribution in [0.1, 0.15) is 80.1 Å². The van der Waals surface area contributed by atoms with Crippen molar-refractivity contribution in [2.24, 2.45) is 28.1 Å². The molecule has 29 heavy (non-hydrogen) atoms. The maximum Gasteiger partial charge on any atom is 0.303 e. The number of ether oxygens (including phenoxy) is 2. The second kappa shape index (κ2) is 7.11. The number of carbonyl (C=O) groups is 2. The van der Waals surface area contributed by atoms with E-state index in [1.807, 2.05) is 6.92 Å². The molecular formula is C24H38O5. The lowest BCUT2D eigenvalue weighted by Gasteiger charge is -2.66. The summed E-state index contributed by atoms with van der Waals surface area (Å²) in [5.74, 6) is -0.691. The number of hydrogen-bond acceptors (Lipinski definition) is 5. The van der Waals surface area contributed by atoms with Crippen molar-refractivity contribution in [2.45, 2.75) is 97.9 Å². The van der Waals surface area contributed by atoms with Gasteiger partial charge >= 0.3 is 11.9 Å². The van der Waals surface area contributed by atoms with E-state index in [0.717, 1.165) is 25.7 Å². The first-order valence-corrected chi connectivity index (χ1v) is 11.0. The van der Waals surface area contributed by atoms with Gasteiger partial charge in [-0.2, -0.15) is 0 Å². The van der Waals surface area contributed by atoms with Crippen molar-refractivity contribution < 1.29 is 24.2 Å². The highest BCUT2D eigenvalue weighted by atomic mass is 16.6. The van der Waals surface area contributed by atoms with Gasteiger partial charge in [0, 0.05) is 25.2 Å². The van der Waals surface area contributed by atoms with Crippen LogP contribution in [0.15, 0.2) is 12.7 Å². The van der Waals surface area contributed by atoms with Gasteiger partial charge in [-0.3, -0.25) is 9.59 Å². The Morgan fingerprint density at radius 2 is 1.66 bits per heavy atom. The molecule has 0 aromatic rings. The van der Waals surface area contributed by atoms with E-state index in [9.17, 15) is 14.7 Å². The van der Waals surface area contributed by atoms with Gasteiger partial charge in [-0.1, -0.05) is 40.2 Å². The smallest absolute Gasteiger partial charge is 0.303 e. The fourth-order valence-corrected chi connectivity index (χ4v) is 7.50. The van der Waals surface area contributed by atoms with Gasteiger partial charge in [0.25, 0.3) is 0 Å². The molecule has 3 fully saturated rings. The third-order valence-corrected chi connectivity index (χ3v) is 8.46. The fraction of sp³-hybridized carbons (Fsp3) is 0.833. The monoisotopic (exact) mass is 406 g/mol. The van der Waals surface area contributed by atoms with Crippen LogP contribution in [-0.2, 0) is 19.1 Å². The van der Waals surface area contributed by atoms with E-state index < -0.39 is 35.2 Å². The zero-order valence-corrected chi connectivity index (χ0v) is 18.9. The van der Waals surface area contributed by atoms with Crippen LogP contribution in [0.4, 0.5) is 0 Å². The molecule has 0 aromatic carbocycles. The molecule has 0 aliphatic heterocycles. The maximum absolute atomic E-state index is 12.1. The molecule has 0 radical (unpaired) electrons. The average Bonchev–Trinajstić information content (AvgIpc) is 2.55. The fourth-order valence-electron chi connectivity index (χ4n) is 7.50. The lowest BCUT2D eigenvalue weighted by molar-refractivity contribution is -0.273. The molecule has 5 nitrogen and oxygen atoms in total. The van der Waals surface area contributed by atoms with Crippen molar-refractivity contribution in [3.8, 4) is 0 Å². The van der Waals surface area contributed by atoms with E-state index in [2.05, 4.69) is 27.4 Å². The first kappa shape index (κ1) is 22.3. The normalized spacial score (nSPS) is 46.0. The molecule has 7 atom stereocenters. The molecule has 0 unspecified atom stereocenters. The molecule has 0 heterocycles. The Hall–Kier alpha value is -1.36. The van der Waals surface area contributed by atoms with Gasteiger partial charge in [0.2, 0.25) is 0 Å². The molecule has 5 heteroatoms. The Balaban J connectivity index is 2.16. The van der Waals surface area contributed by atoms with Crippen LogP contribution in [0.2, 0.25) is 0 Å². The Kier molecular flexibility index (Phi) is 5.47. The average molecular weight is 407 g/mol. The Bertz CT molecular complexity index is 699. The molecule has 0 aromatic heterocycles. The summed E-state index contributed by atoms with van der Waals surface area (Å²) >= 11 is 0. The van der Waals surface area contributed by atoms with Gasteiger partial charge in [0.1, 0.15) is 12.2 Å².